The fraction of sp³-hybridized carbons (Fsp3) is 0.619. The number of nitrogens with zero attached hydrogens (tertiary/aromatic N) is 1. The summed E-state index contributed by atoms with van der Waals surface area (Å²) in [6, 6.07) is 10.5. The highest BCUT2D eigenvalue weighted by Gasteiger charge is 2.28. The minimum absolute atomic E-state index is 0.126. The Labute approximate surface area is 156 Å². The minimum atomic E-state index is 0.126. The zero-order valence-electron chi connectivity index (χ0n) is 15.5. The Kier molecular flexibility index (Phi) is 6.67. The molecule has 0 aromatic heterocycles. The standard InChI is InChI=1S/C21H31N3O2/c22-19-8-4-7-17(19)15-20(25)23-18-11-13-24(14-12-18)21(26)10-9-16-5-2-1-3-6-16/h1-3,5-6,17-19H,4,7-15,22H2,(H,23,25)/t17-,19+/m0/s1. The largest absolute Gasteiger partial charge is 0.353 e. The molecule has 1 aromatic rings. The van der Waals surface area contributed by atoms with Gasteiger partial charge in [0.2, 0.25) is 11.8 Å². The zero-order valence-corrected chi connectivity index (χ0v) is 15.5. The third-order valence-electron chi connectivity index (χ3n) is 5.85. The molecule has 2 atom stereocenters. The van der Waals surface area contributed by atoms with E-state index in [0.29, 0.717) is 18.8 Å². The third-order valence-corrected chi connectivity index (χ3v) is 5.85. The number of hydrogen-bond donors (Lipinski definition) is 2. The Morgan fingerprint density at radius 2 is 1.81 bits per heavy atom. The van der Waals surface area contributed by atoms with Crippen LogP contribution in [-0.2, 0) is 16.0 Å². The molecule has 5 heteroatoms. The molecule has 1 aliphatic carbocycles. The summed E-state index contributed by atoms with van der Waals surface area (Å²) in [5.41, 5.74) is 7.26. The predicted octanol–water partition coefficient (Wildman–Crippen LogP) is 2.24. The van der Waals surface area contributed by atoms with Crippen molar-refractivity contribution in [1.29, 1.82) is 0 Å². The van der Waals surface area contributed by atoms with Gasteiger partial charge in [-0.15, -0.1) is 0 Å². The molecule has 1 aliphatic heterocycles. The molecule has 26 heavy (non-hydrogen) atoms. The van der Waals surface area contributed by atoms with E-state index in [1.54, 1.807) is 0 Å². The van der Waals surface area contributed by atoms with Crippen molar-refractivity contribution < 1.29 is 9.59 Å². The quantitative estimate of drug-likeness (QED) is 0.820. The molecule has 2 aliphatic rings. The van der Waals surface area contributed by atoms with Crippen molar-refractivity contribution in [2.75, 3.05) is 13.1 Å². The molecule has 0 unspecified atom stereocenters. The Bertz CT molecular complexity index is 597. The van der Waals surface area contributed by atoms with E-state index in [0.717, 1.165) is 51.6 Å². The number of hydrogen-bond acceptors (Lipinski definition) is 3. The van der Waals surface area contributed by atoms with Crippen LogP contribution < -0.4 is 11.1 Å². The van der Waals surface area contributed by atoms with Crippen LogP contribution in [0.4, 0.5) is 0 Å². The fourth-order valence-corrected chi connectivity index (χ4v) is 4.17. The summed E-state index contributed by atoms with van der Waals surface area (Å²) in [4.78, 5) is 26.6. The smallest absolute Gasteiger partial charge is 0.222 e. The molecule has 2 amide bonds. The molecule has 1 saturated carbocycles. The SMILES string of the molecule is N[C@@H]1CCC[C@H]1CC(=O)NC1CCN(C(=O)CCc2ccccc2)CC1. The van der Waals surface area contributed by atoms with E-state index in [2.05, 4.69) is 17.4 Å². The first kappa shape index (κ1) is 18.9. The number of nitrogens with one attached hydrogen (secondary N) is 1. The Morgan fingerprint density at radius 1 is 1.08 bits per heavy atom. The van der Waals surface area contributed by atoms with Crippen LogP contribution in [0, 0.1) is 5.92 Å². The second-order valence-corrected chi connectivity index (χ2v) is 7.77. The van der Waals surface area contributed by atoms with E-state index < -0.39 is 0 Å². The average Bonchev–Trinajstić information content (AvgIpc) is 3.05. The van der Waals surface area contributed by atoms with Crippen molar-refractivity contribution in [3.8, 4) is 0 Å². The first-order valence-electron chi connectivity index (χ1n) is 9.98. The van der Waals surface area contributed by atoms with Crippen molar-refractivity contribution >= 4 is 11.8 Å². The van der Waals surface area contributed by atoms with Crippen molar-refractivity contribution in [2.45, 2.75) is 63.5 Å². The van der Waals surface area contributed by atoms with E-state index in [-0.39, 0.29) is 23.9 Å². The molecule has 1 saturated heterocycles. The van der Waals surface area contributed by atoms with Crippen LogP contribution >= 0.6 is 0 Å². The van der Waals surface area contributed by atoms with Gasteiger partial charge in [0.05, 0.1) is 0 Å². The summed E-state index contributed by atoms with van der Waals surface area (Å²) in [5, 5.41) is 3.15. The highest BCUT2D eigenvalue weighted by Crippen LogP contribution is 2.26. The molecule has 142 valence electrons. The van der Waals surface area contributed by atoms with Crippen molar-refractivity contribution in [3.63, 3.8) is 0 Å². The number of benzene rings is 1. The summed E-state index contributed by atoms with van der Waals surface area (Å²) < 4.78 is 0. The predicted molar refractivity (Wildman–Crippen MR) is 102 cm³/mol. The van der Waals surface area contributed by atoms with E-state index in [1.165, 1.54) is 5.56 Å². The lowest BCUT2D eigenvalue weighted by atomic mass is 9.98. The minimum Gasteiger partial charge on any atom is -0.353 e. The number of nitrogens with two attached hydrogens (primary N) is 1. The lowest BCUT2D eigenvalue weighted by molar-refractivity contribution is -0.132. The lowest BCUT2D eigenvalue weighted by Crippen LogP contribution is -2.47. The van der Waals surface area contributed by atoms with Crippen molar-refractivity contribution in [1.82, 2.24) is 10.2 Å². The van der Waals surface area contributed by atoms with E-state index in [1.807, 2.05) is 23.1 Å². The molecular formula is C21H31N3O2. The van der Waals surface area contributed by atoms with Crippen LogP contribution in [0.15, 0.2) is 30.3 Å². The van der Waals surface area contributed by atoms with Gasteiger partial charge in [0, 0.05) is 38.0 Å². The van der Waals surface area contributed by atoms with E-state index in [4.69, 9.17) is 5.73 Å². The van der Waals surface area contributed by atoms with E-state index >= 15 is 0 Å². The maximum atomic E-state index is 12.4. The maximum absolute atomic E-state index is 12.4. The van der Waals surface area contributed by atoms with Gasteiger partial charge in [-0.3, -0.25) is 9.59 Å². The summed E-state index contributed by atoms with van der Waals surface area (Å²) in [6.07, 6.45) is 6.85. The van der Waals surface area contributed by atoms with Gasteiger partial charge >= 0.3 is 0 Å². The number of carbonyl (C=O) groups is 2. The van der Waals surface area contributed by atoms with Gasteiger partial charge in [-0.2, -0.15) is 0 Å². The number of rotatable bonds is 6. The summed E-state index contributed by atoms with van der Waals surface area (Å²) in [7, 11) is 0. The molecule has 1 aromatic carbocycles. The van der Waals surface area contributed by atoms with Crippen LogP contribution in [0.25, 0.3) is 0 Å². The molecule has 0 spiro atoms. The molecule has 5 nitrogen and oxygen atoms in total. The van der Waals surface area contributed by atoms with Gasteiger partial charge in [-0.25, -0.2) is 0 Å². The first-order chi connectivity index (χ1) is 12.6. The number of likely N-dealkylation sites (tertiary alicyclic amines) is 1. The Hall–Kier alpha value is -1.88. The van der Waals surface area contributed by atoms with Crippen LogP contribution in [0.2, 0.25) is 0 Å². The second-order valence-electron chi connectivity index (χ2n) is 7.77. The Morgan fingerprint density at radius 3 is 2.46 bits per heavy atom. The number of piperidine rings is 1. The lowest BCUT2D eigenvalue weighted by Gasteiger charge is -2.32. The van der Waals surface area contributed by atoms with Gasteiger partial charge < -0.3 is 16.0 Å². The molecular weight excluding hydrogens is 326 g/mol. The van der Waals surface area contributed by atoms with Gasteiger partial charge in [0.25, 0.3) is 0 Å². The molecule has 0 radical (unpaired) electrons. The summed E-state index contributed by atoms with van der Waals surface area (Å²) in [5.74, 6) is 0.686. The Balaban J connectivity index is 1.35. The molecule has 1 heterocycles. The number of carbonyl (C=O) groups excluding carboxylic acids is 2. The monoisotopic (exact) mass is 357 g/mol. The van der Waals surface area contributed by atoms with Crippen molar-refractivity contribution in [2.24, 2.45) is 11.7 Å². The highest BCUT2D eigenvalue weighted by atomic mass is 16.2. The van der Waals surface area contributed by atoms with Crippen LogP contribution in [-0.4, -0.2) is 41.9 Å². The van der Waals surface area contributed by atoms with Gasteiger partial charge in [0.15, 0.2) is 0 Å². The summed E-state index contributed by atoms with van der Waals surface area (Å²) >= 11 is 0. The maximum Gasteiger partial charge on any atom is 0.222 e. The fourth-order valence-electron chi connectivity index (χ4n) is 4.17. The molecule has 2 fully saturated rings. The number of amides is 2. The van der Waals surface area contributed by atoms with E-state index in [9.17, 15) is 9.59 Å². The average molecular weight is 357 g/mol. The third kappa shape index (κ3) is 5.31. The second kappa shape index (κ2) is 9.17. The molecule has 3 N–H and O–H groups in total. The van der Waals surface area contributed by atoms with Gasteiger partial charge in [-0.1, -0.05) is 36.8 Å². The topological polar surface area (TPSA) is 75.4 Å². The molecule has 0 bridgehead atoms. The van der Waals surface area contributed by atoms with Gasteiger partial charge in [0.1, 0.15) is 0 Å². The zero-order chi connectivity index (χ0) is 18.4. The van der Waals surface area contributed by atoms with Crippen LogP contribution in [0.1, 0.15) is 50.5 Å². The van der Waals surface area contributed by atoms with Crippen LogP contribution in [0.5, 0.6) is 0 Å². The summed E-state index contributed by atoms with van der Waals surface area (Å²) in [6.45, 7) is 1.48. The highest BCUT2D eigenvalue weighted by molar-refractivity contribution is 5.77. The van der Waals surface area contributed by atoms with Crippen molar-refractivity contribution in [3.05, 3.63) is 35.9 Å². The van der Waals surface area contributed by atoms with Crippen LogP contribution in [0.3, 0.4) is 0 Å². The normalized spacial score (nSPS) is 23.8. The number of aryl methyl sites for hydroxylation is 1. The van der Waals surface area contributed by atoms with Gasteiger partial charge in [-0.05, 0) is 43.6 Å². The molecule has 3 rings (SSSR count). The first-order valence-corrected chi connectivity index (χ1v) is 9.98.